The molecule has 0 saturated carbocycles. The topological polar surface area (TPSA) is 55.8 Å². The van der Waals surface area contributed by atoms with Gasteiger partial charge >= 0.3 is 12.1 Å². The quantitative estimate of drug-likeness (QED) is 0.686. The normalized spacial score (nSPS) is 19.6. The summed E-state index contributed by atoms with van der Waals surface area (Å²) in [7, 11) is 0. The summed E-state index contributed by atoms with van der Waals surface area (Å²) in [4.78, 5) is 24.6. The van der Waals surface area contributed by atoms with Gasteiger partial charge in [-0.1, -0.05) is 6.92 Å². The highest BCUT2D eigenvalue weighted by Crippen LogP contribution is 2.19. The molecule has 16 heavy (non-hydrogen) atoms. The van der Waals surface area contributed by atoms with Gasteiger partial charge in [-0.15, -0.1) is 0 Å². The van der Waals surface area contributed by atoms with Crippen LogP contribution in [0.5, 0.6) is 0 Å². The summed E-state index contributed by atoms with van der Waals surface area (Å²) in [5.74, 6) is -0.326. The van der Waals surface area contributed by atoms with E-state index >= 15 is 0 Å². The molecular weight excluding hydrogens is 210 g/mol. The van der Waals surface area contributed by atoms with E-state index in [-0.39, 0.29) is 5.97 Å². The molecule has 0 aromatic heterocycles. The molecule has 0 spiro atoms. The molecule has 0 bridgehead atoms. The molecule has 0 aliphatic carbocycles. The van der Waals surface area contributed by atoms with Gasteiger partial charge in [0.1, 0.15) is 6.04 Å². The summed E-state index contributed by atoms with van der Waals surface area (Å²) in [6.45, 7) is 5.00. The summed E-state index contributed by atoms with van der Waals surface area (Å²) in [6.07, 6.45) is 1.87. The lowest BCUT2D eigenvalue weighted by molar-refractivity contribution is -0.147. The van der Waals surface area contributed by atoms with E-state index in [1.54, 1.807) is 6.92 Å². The third-order valence-electron chi connectivity index (χ3n) is 2.48. The van der Waals surface area contributed by atoms with E-state index < -0.39 is 12.1 Å². The molecule has 0 aromatic carbocycles. The fraction of sp³-hybridized carbons (Fsp3) is 0.818. The molecule has 1 aliphatic heterocycles. The zero-order valence-electron chi connectivity index (χ0n) is 9.90. The number of hydrogen-bond acceptors (Lipinski definition) is 4. The fourth-order valence-corrected chi connectivity index (χ4v) is 1.74. The molecule has 1 atom stereocenters. The summed E-state index contributed by atoms with van der Waals surface area (Å²) >= 11 is 0. The minimum Gasteiger partial charge on any atom is -0.464 e. The molecule has 1 saturated heterocycles. The fourth-order valence-electron chi connectivity index (χ4n) is 1.74. The number of rotatable bonds is 4. The van der Waals surface area contributed by atoms with E-state index in [1.807, 2.05) is 6.92 Å². The van der Waals surface area contributed by atoms with Crippen LogP contribution >= 0.6 is 0 Å². The maximum Gasteiger partial charge on any atom is 0.410 e. The predicted octanol–water partition coefficient (Wildman–Crippen LogP) is 1.56. The molecule has 5 heteroatoms. The SMILES string of the molecule is CCCOC(=O)N1CCCC1C(=O)OCC. The number of ether oxygens (including phenoxy) is 2. The minimum absolute atomic E-state index is 0.326. The van der Waals surface area contributed by atoms with Crippen LogP contribution in [0, 0.1) is 0 Å². The van der Waals surface area contributed by atoms with Crippen molar-refractivity contribution in [3.05, 3.63) is 0 Å². The Labute approximate surface area is 95.7 Å². The van der Waals surface area contributed by atoms with Gasteiger partial charge in [0.15, 0.2) is 0 Å². The van der Waals surface area contributed by atoms with Crippen LogP contribution in [-0.2, 0) is 14.3 Å². The highest BCUT2D eigenvalue weighted by atomic mass is 16.6. The van der Waals surface area contributed by atoms with Crippen LogP contribution in [0.2, 0.25) is 0 Å². The van der Waals surface area contributed by atoms with Crippen molar-refractivity contribution in [2.24, 2.45) is 0 Å². The second-order valence-corrected chi connectivity index (χ2v) is 3.72. The lowest BCUT2D eigenvalue weighted by atomic mass is 10.2. The van der Waals surface area contributed by atoms with Crippen molar-refractivity contribution in [2.75, 3.05) is 19.8 Å². The molecule has 1 amide bonds. The van der Waals surface area contributed by atoms with E-state index in [0.717, 1.165) is 12.8 Å². The highest BCUT2D eigenvalue weighted by molar-refractivity contribution is 5.82. The smallest absolute Gasteiger partial charge is 0.410 e. The number of nitrogens with zero attached hydrogens (tertiary/aromatic N) is 1. The van der Waals surface area contributed by atoms with Crippen molar-refractivity contribution < 1.29 is 19.1 Å². The van der Waals surface area contributed by atoms with Crippen LogP contribution in [0.15, 0.2) is 0 Å². The first-order valence-corrected chi connectivity index (χ1v) is 5.80. The summed E-state index contributed by atoms with van der Waals surface area (Å²) in [5.41, 5.74) is 0. The first kappa shape index (κ1) is 12.8. The molecule has 0 N–H and O–H groups in total. The maximum absolute atomic E-state index is 11.6. The largest absolute Gasteiger partial charge is 0.464 e. The zero-order valence-corrected chi connectivity index (χ0v) is 9.90. The van der Waals surface area contributed by atoms with Crippen LogP contribution < -0.4 is 0 Å². The summed E-state index contributed by atoms with van der Waals surface area (Å²) in [6, 6.07) is -0.454. The number of hydrogen-bond donors (Lipinski definition) is 0. The van der Waals surface area contributed by atoms with E-state index in [4.69, 9.17) is 9.47 Å². The lowest BCUT2D eigenvalue weighted by Gasteiger charge is -2.22. The summed E-state index contributed by atoms with van der Waals surface area (Å²) < 4.78 is 9.94. The van der Waals surface area contributed by atoms with Gasteiger partial charge in [0.2, 0.25) is 0 Å². The van der Waals surface area contributed by atoms with Crippen molar-refractivity contribution in [3.8, 4) is 0 Å². The summed E-state index contributed by atoms with van der Waals surface area (Å²) in [5, 5.41) is 0. The van der Waals surface area contributed by atoms with E-state index in [2.05, 4.69) is 0 Å². The van der Waals surface area contributed by atoms with Gasteiger partial charge in [-0.05, 0) is 26.2 Å². The van der Waals surface area contributed by atoms with Crippen LogP contribution in [0.4, 0.5) is 4.79 Å². The Morgan fingerprint density at radius 3 is 2.69 bits per heavy atom. The maximum atomic E-state index is 11.6. The number of carbonyl (C=O) groups is 2. The molecule has 1 unspecified atom stereocenters. The molecule has 92 valence electrons. The average Bonchev–Trinajstić information content (AvgIpc) is 2.75. The van der Waals surface area contributed by atoms with Crippen molar-refractivity contribution in [2.45, 2.75) is 39.2 Å². The van der Waals surface area contributed by atoms with E-state index in [0.29, 0.717) is 26.2 Å². The van der Waals surface area contributed by atoms with Crippen molar-refractivity contribution in [1.82, 2.24) is 4.90 Å². The van der Waals surface area contributed by atoms with Gasteiger partial charge in [0.25, 0.3) is 0 Å². The Morgan fingerprint density at radius 1 is 1.31 bits per heavy atom. The number of likely N-dealkylation sites (tertiary alicyclic amines) is 1. The van der Waals surface area contributed by atoms with Crippen molar-refractivity contribution in [3.63, 3.8) is 0 Å². The number of esters is 1. The molecule has 1 rings (SSSR count). The van der Waals surface area contributed by atoms with Crippen LogP contribution in [-0.4, -0.2) is 42.8 Å². The van der Waals surface area contributed by atoms with E-state index in [1.165, 1.54) is 4.90 Å². The molecule has 1 fully saturated rings. The minimum atomic E-state index is -0.454. The van der Waals surface area contributed by atoms with Crippen LogP contribution in [0.25, 0.3) is 0 Å². The second kappa shape index (κ2) is 6.35. The Bertz CT molecular complexity index is 254. The second-order valence-electron chi connectivity index (χ2n) is 3.72. The Morgan fingerprint density at radius 2 is 2.06 bits per heavy atom. The van der Waals surface area contributed by atoms with E-state index in [9.17, 15) is 9.59 Å². The molecule has 1 heterocycles. The first-order valence-electron chi connectivity index (χ1n) is 5.80. The number of carbonyl (C=O) groups excluding carboxylic acids is 2. The van der Waals surface area contributed by atoms with Gasteiger partial charge in [-0.25, -0.2) is 9.59 Å². The molecular formula is C11H19NO4. The molecule has 0 radical (unpaired) electrons. The standard InChI is InChI=1S/C11H19NO4/c1-3-8-16-11(14)12-7-5-6-9(12)10(13)15-4-2/h9H,3-8H2,1-2H3. The lowest BCUT2D eigenvalue weighted by Crippen LogP contribution is -2.41. The number of amides is 1. The van der Waals surface area contributed by atoms with Gasteiger partial charge < -0.3 is 9.47 Å². The average molecular weight is 229 g/mol. The third-order valence-corrected chi connectivity index (χ3v) is 2.48. The van der Waals surface area contributed by atoms with Crippen molar-refractivity contribution in [1.29, 1.82) is 0 Å². The van der Waals surface area contributed by atoms with Crippen LogP contribution in [0.3, 0.4) is 0 Å². The van der Waals surface area contributed by atoms with Gasteiger partial charge in [0.05, 0.1) is 13.2 Å². The molecule has 5 nitrogen and oxygen atoms in total. The molecule has 0 aromatic rings. The monoisotopic (exact) mass is 229 g/mol. The molecule has 1 aliphatic rings. The zero-order chi connectivity index (χ0) is 12.0. The van der Waals surface area contributed by atoms with Gasteiger partial charge in [-0.2, -0.15) is 0 Å². The Kier molecular flexibility index (Phi) is 5.08. The van der Waals surface area contributed by atoms with Gasteiger partial charge in [-0.3, -0.25) is 4.90 Å². The Hall–Kier alpha value is -1.26. The first-order chi connectivity index (χ1) is 7.70. The third kappa shape index (κ3) is 3.12. The highest BCUT2D eigenvalue weighted by Gasteiger charge is 2.35. The Balaban J connectivity index is 2.51. The predicted molar refractivity (Wildman–Crippen MR) is 58.0 cm³/mol. The van der Waals surface area contributed by atoms with Crippen LogP contribution in [0.1, 0.15) is 33.1 Å². The van der Waals surface area contributed by atoms with Gasteiger partial charge in [0, 0.05) is 6.54 Å². The van der Waals surface area contributed by atoms with Crippen molar-refractivity contribution >= 4 is 12.1 Å².